The van der Waals surface area contributed by atoms with Gasteiger partial charge in [0.25, 0.3) is 0 Å². The van der Waals surface area contributed by atoms with Crippen molar-refractivity contribution in [1.82, 2.24) is 0 Å². The molecule has 0 bridgehead atoms. The molecule has 0 amide bonds. The van der Waals surface area contributed by atoms with Gasteiger partial charge in [-0.3, -0.25) is 4.79 Å². The van der Waals surface area contributed by atoms with Gasteiger partial charge in [0.05, 0.1) is 5.41 Å². The van der Waals surface area contributed by atoms with Crippen molar-refractivity contribution in [2.24, 2.45) is 0 Å². The molecule has 0 saturated heterocycles. The van der Waals surface area contributed by atoms with Crippen molar-refractivity contribution < 1.29 is 14.6 Å². The summed E-state index contributed by atoms with van der Waals surface area (Å²) in [5, 5.41) is 10.2. The molecule has 0 aliphatic heterocycles. The maximum Gasteiger partial charge on any atom is 0.193 e. The molecule has 0 saturated carbocycles. The fourth-order valence-corrected chi connectivity index (χ4v) is 6.94. The van der Waals surface area contributed by atoms with Gasteiger partial charge < -0.3 is 9.84 Å². The normalized spacial score (nSPS) is 15.9. The molecule has 0 fully saturated rings. The molecule has 1 atom stereocenters. The number of benzene rings is 5. The summed E-state index contributed by atoms with van der Waals surface area (Å²) in [6.45, 7) is 12.9. The summed E-state index contributed by atoms with van der Waals surface area (Å²) in [5.74, 6) is 2.02. The number of carbonyl (C=O) groups is 1. The van der Waals surface area contributed by atoms with E-state index in [-0.39, 0.29) is 11.5 Å². The Bertz CT molecular complexity index is 2020. The average Bonchev–Trinajstić information content (AvgIpc) is 3.27. The van der Waals surface area contributed by atoms with Crippen LogP contribution in [-0.4, -0.2) is 17.1 Å². The van der Waals surface area contributed by atoms with Gasteiger partial charge in [-0.1, -0.05) is 131 Å². The topological polar surface area (TPSA) is 46.5 Å². The molecular weight excluding hydrogens is 645 g/mol. The molecule has 3 nitrogen and oxygen atoms in total. The van der Waals surface area contributed by atoms with Gasteiger partial charge >= 0.3 is 0 Å². The van der Waals surface area contributed by atoms with E-state index in [1.54, 1.807) is 18.4 Å². The van der Waals surface area contributed by atoms with E-state index in [1.807, 2.05) is 72.8 Å². The first-order valence-electron chi connectivity index (χ1n) is 17.7. The third-order valence-electron chi connectivity index (χ3n) is 9.28. The van der Waals surface area contributed by atoms with Crippen molar-refractivity contribution in [3.63, 3.8) is 0 Å². The lowest BCUT2D eigenvalue weighted by atomic mass is 9.66. The van der Waals surface area contributed by atoms with E-state index < -0.39 is 5.41 Å². The number of hydrogen-bond donors (Lipinski definition) is 2. The summed E-state index contributed by atoms with van der Waals surface area (Å²) in [6.07, 6.45) is 9.11. The van der Waals surface area contributed by atoms with Gasteiger partial charge in [0.15, 0.2) is 5.78 Å². The van der Waals surface area contributed by atoms with Crippen LogP contribution in [0.4, 0.5) is 0 Å². The van der Waals surface area contributed by atoms with Crippen LogP contribution in [0.25, 0.3) is 5.57 Å². The zero-order valence-electron chi connectivity index (χ0n) is 30.3. The first kappa shape index (κ1) is 37.2. The number of hydrogen-bond acceptors (Lipinski definition) is 4. The van der Waals surface area contributed by atoms with Gasteiger partial charge in [0.2, 0.25) is 0 Å². The number of allylic oxidation sites excluding steroid dienone is 5. The quantitative estimate of drug-likeness (QED) is 0.101. The lowest BCUT2D eigenvalue weighted by molar-refractivity contribution is 0.103. The molecular formula is C47H48O3S. The van der Waals surface area contributed by atoms with Crippen LogP contribution in [0.1, 0.15) is 96.6 Å². The molecule has 1 N–H and O–H groups in total. The highest BCUT2D eigenvalue weighted by molar-refractivity contribution is 7.79. The molecule has 51 heavy (non-hydrogen) atoms. The smallest absolute Gasteiger partial charge is 0.193 e. The summed E-state index contributed by atoms with van der Waals surface area (Å²) < 4.78 is 6.26. The lowest BCUT2D eigenvalue weighted by Gasteiger charge is -2.35. The van der Waals surface area contributed by atoms with E-state index in [0.717, 1.165) is 24.0 Å². The Morgan fingerprint density at radius 3 is 1.86 bits per heavy atom. The molecule has 0 heterocycles. The Morgan fingerprint density at radius 1 is 0.784 bits per heavy atom. The number of ketones is 1. The van der Waals surface area contributed by atoms with Crippen LogP contribution in [0, 0.1) is 0 Å². The van der Waals surface area contributed by atoms with Crippen molar-refractivity contribution in [2.45, 2.75) is 58.3 Å². The Hall–Kier alpha value is -5.06. The molecule has 260 valence electrons. The molecule has 5 aromatic rings. The Labute approximate surface area is 309 Å². The molecule has 7 rings (SSSR count). The number of fused-ring (bicyclic) bond motifs is 2. The Balaban J connectivity index is 0.000000959. The van der Waals surface area contributed by atoms with Crippen molar-refractivity contribution in [2.75, 3.05) is 6.26 Å². The molecule has 1 unspecified atom stereocenters. The van der Waals surface area contributed by atoms with E-state index in [4.69, 9.17) is 4.74 Å². The second-order valence-corrected chi connectivity index (χ2v) is 13.2. The zero-order valence-corrected chi connectivity index (χ0v) is 31.2. The minimum absolute atomic E-state index is 0.00704. The summed E-state index contributed by atoms with van der Waals surface area (Å²) in [5.41, 5.74) is 10.4. The highest BCUT2D eigenvalue weighted by Gasteiger charge is 2.47. The first-order valence-corrected chi connectivity index (χ1v) is 18.6. The number of carbonyl (C=O) groups excluding carboxylic acids is 1. The molecule has 0 spiro atoms. The number of thiol groups is 1. The summed E-state index contributed by atoms with van der Waals surface area (Å²) in [4.78, 5) is 13.1. The molecule has 0 aromatic heterocycles. The van der Waals surface area contributed by atoms with E-state index >= 15 is 0 Å². The van der Waals surface area contributed by atoms with Crippen LogP contribution in [0.5, 0.6) is 17.2 Å². The predicted octanol–water partition coefficient (Wildman–Crippen LogP) is 12.5. The fourth-order valence-electron chi connectivity index (χ4n) is 6.94. The van der Waals surface area contributed by atoms with Crippen LogP contribution < -0.4 is 4.74 Å². The number of rotatable bonds is 7. The molecule has 0 radical (unpaired) electrons. The van der Waals surface area contributed by atoms with Gasteiger partial charge in [-0.15, -0.1) is 0 Å². The lowest BCUT2D eigenvalue weighted by Crippen LogP contribution is -2.29. The van der Waals surface area contributed by atoms with Crippen LogP contribution in [-0.2, 0) is 5.41 Å². The summed E-state index contributed by atoms with van der Waals surface area (Å²) in [7, 11) is 0. The van der Waals surface area contributed by atoms with Crippen molar-refractivity contribution in [3.05, 3.63) is 190 Å². The second kappa shape index (κ2) is 16.8. The molecule has 5 aromatic carbocycles. The number of aromatic hydroxyl groups is 1. The summed E-state index contributed by atoms with van der Waals surface area (Å²) in [6, 6.07) is 39.7. The van der Waals surface area contributed by atoms with Crippen LogP contribution in [0.3, 0.4) is 0 Å². The van der Waals surface area contributed by atoms with Crippen LogP contribution in [0.15, 0.2) is 151 Å². The van der Waals surface area contributed by atoms with Crippen molar-refractivity contribution in [3.8, 4) is 17.2 Å². The van der Waals surface area contributed by atoms with E-state index in [0.29, 0.717) is 28.5 Å². The third kappa shape index (κ3) is 7.67. The number of phenolic OH excluding ortho intramolecular Hbond substituents is 1. The second-order valence-electron chi connectivity index (χ2n) is 13.2. The highest BCUT2D eigenvalue weighted by Crippen LogP contribution is 2.57. The van der Waals surface area contributed by atoms with Gasteiger partial charge in [0.1, 0.15) is 17.2 Å². The monoisotopic (exact) mass is 692 g/mol. The van der Waals surface area contributed by atoms with Gasteiger partial charge in [-0.05, 0) is 113 Å². The molecule has 4 heteroatoms. The van der Waals surface area contributed by atoms with Gasteiger partial charge in [0, 0.05) is 11.1 Å². The van der Waals surface area contributed by atoms with Crippen LogP contribution in [0.2, 0.25) is 0 Å². The third-order valence-corrected chi connectivity index (χ3v) is 9.28. The summed E-state index contributed by atoms with van der Waals surface area (Å²) >= 11 is 3.53. The maximum absolute atomic E-state index is 13.1. The Kier molecular flexibility index (Phi) is 12.2. The SMILES string of the molecule is C=C1CC=CC2=C(C1)c1ccccc1C2(c1ccc(O)cc1)c1ccc(Oc2ccc(C(=O)c3ccc(C(C)C)cc3)cc2)cc1.CCC.CS. The largest absolute Gasteiger partial charge is 0.508 e. The zero-order chi connectivity index (χ0) is 36.5. The van der Waals surface area contributed by atoms with Crippen molar-refractivity contribution >= 4 is 24.0 Å². The maximum atomic E-state index is 13.1. The van der Waals surface area contributed by atoms with E-state index in [9.17, 15) is 9.90 Å². The fraction of sp³-hybridized carbons (Fsp3) is 0.213. The van der Waals surface area contributed by atoms with Gasteiger partial charge in [-0.2, -0.15) is 12.6 Å². The molecule has 2 aliphatic rings. The Morgan fingerprint density at radius 2 is 1.29 bits per heavy atom. The van der Waals surface area contributed by atoms with E-state index in [1.165, 1.54) is 39.8 Å². The van der Waals surface area contributed by atoms with E-state index in [2.05, 4.69) is 95.5 Å². The standard InChI is InChI=1S/C43H36O3.C3H8.CH4S/c1-28(2)30-11-13-31(14-12-30)42(45)32-15-23-36(24-16-32)46-37-25-19-34(20-26-37)43(33-17-21-35(44)22-18-33)40-9-5-4-8-38(40)39-27-29(3)7-6-10-41(39)43;1-3-2;1-2/h4-6,8-26,28,44H,3,7,27H2,1-2H3;3H2,1-2H3;2H,1H3. The molecule has 2 aliphatic carbocycles. The number of ether oxygens (including phenoxy) is 1. The minimum Gasteiger partial charge on any atom is -0.508 e. The number of phenols is 1. The highest BCUT2D eigenvalue weighted by atomic mass is 32.1. The van der Waals surface area contributed by atoms with Crippen molar-refractivity contribution in [1.29, 1.82) is 0 Å². The average molecular weight is 693 g/mol. The predicted molar refractivity (Wildman–Crippen MR) is 217 cm³/mol. The van der Waals surface area contributed by atoms with Gasteiger partial charge in [-0.25, -0.2) is 0 Å². The first-order chi connectivity index (χ1) is 24.8. The van der Waals surface area contributed by atoms with Crippen LogP contribution >= 0.6 is 12.6 Å². The minimum atomic E-state index is -0.561.